The van der Waals surface area contributed by atoms with E-state index in [1.165, 1.54) is 72.5 Å². The van der Waals surface area contributed by atoms with Crippen LogP contribution in [0.1, 0.15) is 106 Å². The molecular weight excluding hydrogens is 342 g/mol. The Balaban J connectivity index is 4.95. The standard InChI is InChI=1S/C16H32.4C2H5.2Al/c1-5-7-9-11-13-15(3)16(4)14-12-10-8-6-2;4*1-2;;/h15-16H,3-14H2,1-2H3;4*1H2,2H3;;/t15-,16-;;;;;;/m0....../s1. The van der Waals surface area contributed by atoms with Gasteiger partial charge in [0, 0.05) is 0 Å². The molecule has 0 saturated carbocycles. The maximum Gasteiger partial charge on any atom is 0.261 e. The summed E-state index contributed by atoms with van der Waals surface area (Å²) < 4.78 is 0. The zero-order chi connectivity index (χ0) is 19.6. The predicted molar refractivity (Wildman–Crippen MR) is 128 cm³/mol. The van der Waals surface area contributed by atoms with Crippen LogP contribution in [0, 0.1) is 11.8 Å². The van der Waals surface area contributed by atoms with E-state index in [0.29, 0.717) is 0 Å². The third-order valence-electron chi connectivity index (χ3n) is 7.11. The van der Waals surface area contributed by atoms with Crippen molar-refractivity contribution < 1.29 is 0 Å². The molecule has 0 bridgehead atoms. The minimum absolute atomic E-state index is 0.460. The molecule has 2 heteroatoms. The van der Waals surface area contributed by atoms with Crippen molar-refractivity contribution in [1.82, 2.24) is 0 Å². The largest absolute Gasteiger partial charge is 0.261 e. The molecule has 0 nitrogen and oxygen atoms in total. The fourth-order valence-corrected chi connectivity index (χ4v) is 10.3. The maximum absolute atomic E-state index is 2.49. The molecule has 0 saturated heterocycles. The lowest BCUT2D eigenvalue weighted by atomic mass is 9.86. The van der Waals surface area contributed by atoms with Gasteiger partial charge < -0.3 is 0 Å². The van der Waals surface area contributed by atoms with Crippen LogP contribution in [0.5, 0.6) is 0 Å². The first-order chi connectivity index (χ1) is 12.7. The van der Waals surface area contributed by atoms with Gasteiger partial charge in [-0.1, -0.05) is 149 Å². The third kappa shape index (κ3) is 13.3. The summed E-state index contributed by atoms with van der Waals surface area (Å²) in [7, 11) is 0. The molecule has 0 unspecified atom stereocenters. The van der Waals surface area contributed by atoms with E-state index < -0.39 is 28.3 Å². The highest BCUT2D eigenvalue weighted by Gasteiger charge is 2.28. The van der Waals surface area contributed by atoms with Gasteiger partial charge in [-0.05, 0) is 0 Å². The summed E-state index contributed by atoms with van der Waals surface area (Å²) in [5.74, 6) is 2.19. The van der Waals surface area contributed by atoms with Crippen molar-refractivity contribution in [2.45, 2.75) is 137 Å². The van der Waals surface area contributed by atoms with Gasteiger partial charge in [-0.3, -0.25) is 0 Å². The van der Waals surface area contributed by atoms with Crippen molar-refractivity contribution in [3.63, 3.8) is 0 Å². The smallest absolute Gasteiger partial charge is 0.0967 e. The molecular formula is C24H52Al2. The van der Waals surface area contributed by atoms with Crippen molar-refractivity contribution in [2.75, 3.05) is 0 Å². The molecule has 0 aromatic rings. The molecule has 0 amide bonds. The second-order valence-electron chi connectivity index (χ2n) is 9.06. The third-order valence-corrected chi connectivity index (χ3v) is 14.3. The second kappa shape index (κ2) is 19.4. The Morgan fingerprint density at radius 2 is 0.808 bits per heavy atom. The zero-order valence-corrected chi connectivity index (χ0v) is 21.9. The Labute approximate surface area is 177 Å². The Kier molecular flexibility index (Phi) is 20.2. The first-order valence-corrected chi connectivity index (χ1v) is 17.6. The van der Waals surface area contributed by atoms with E-state index in [2.05, 4.69) is 41.5 Å². The lowest BCUT2D eigenvalue weighted by molar-refractivity contribution is 0.319. The normalized spacial score (nSPS) is 13.6. The molecule has 0 spiro atoms. The van der Waals surface area contributed by atoms with Gasteiger partial charge in [0.1, 0.15) is 0 Å². The highest BCUT2D eigenvalue weighted by atomic mass is 27.2. The molecule has 0 N–H and O–H groups in total. The fourth-order valence-electron chi connectivity index (χ4n) is 4.86. The average molecular weight is 395 g/mol. The van der Waals surface area contributed by atoms with Gasteiger partial charge in [-0.15, -0.1) is 0 Å². The van der Waals surface area contributed by atoms with E-state index in [1.54, 1.807) is 23.4 Å². The Hall–Kier alpha value is 1.06. The summed E-state index contributed by atoms with van der Waals surface area (Å²) in [5, 5.41) is 9.48. The number of hydrogen-bond donors (Lipinski definition) is 0. The predicted octanol–water partition coefficient (Wildman–Crippen LogP) is 9.23. The van der Waals surface area contributed by atoms with Crippen LogP contribution in [0.2, 0.25) is 31.7 Å². The number of unbranched alkanes of at least 4 members (excludes halogenated alkanes) is 6. The topological polar surface area (TPSA) is 0 Å². The molecule has 0 aliphatic rings. The minimum Gasteiger partial charge on any atom is -0.0967 e. The molecule has 26 heavy (non-hydrogen) atoms. The van der Waals surface area contributed by atoms with Gasteiger partial charge in [0.15, 0.2) is 0 Å². The van der Waals surface area contributed by atoms with Crippen LogP contribution in [-0.2, 0) is 0 Å². The first-order valence-electron chi connectivity index (χ1n) is 12.7. The van der Waals surface area contributed by atoms with E-state index in [-0.39, 0.29) is 0 Å². The van der Waals surface area contributed by atoms with Crippen molar-refractivity contribution in [3.05, 3.63) is 0 Å². The quantitative estimate of drug-likeness (QED) is 0.151. The van der Waals surface area contributed by atoms with Gasteiger partial charge in [0.25, 0.3) is 28.3 Å². The van der Waals surface area contributed by atoms with E-state index in [4.69, 9.17) is 0 Å². The summed E-state index contributed by atoms with van der Waals surface area (Å²) in [6.07, 6.45) is 14.8. The summed E-state index contributed by atoms with van der Waals surface area (Å²) in [4.78, 5) is 0. The zero-order valence-electron chi connectivity index (χ0n) is 19.6. The highest BCUT2D eigenvalue weighted by molar-refractivity contribution is 6.59. The van der Waals surface area contributed by atoms with Crippen LogP contribution in [0.15, 0.2) is 0 Å². The van der Waals surface area contributed by atoms with Crippen LogP contribution < -0.4 is 0 Å². The highest BCUT2D eigenvalue weighted by Crippen LogP contribution is 2.35. The molecule has 0 aromatic carbocycles. The van der Waals surface area contributed by atoms with E-state index in [0.717, 1.165) is 11.8 Å². The van der Waals surface area contributed by atoms with Crippen LogP contribution in [0.3, 0.4) is 0 Å². The van der Waals surface area contributed by atoms with Crippen LogP contribution >= 0.6 is 0 Å². The minimum atomic E-state index is -0.460. The lowest BCUT2D eigenvalue weighted by Crippen LogP contribution is -2.26. The van der Waals surface area contributed by atoms with Gasteiger partial charge in [0.05, 0.1) is 0 Å². The van der Waals surface area contributed by atoms with E-state index >= 15 is 0 Å². The lowest BCUT2D eigenvalue weighted by Gasteiger charge is -2.31. The van der Waals surface area contributed by atoms with Crippen LogP contribution in [0.25, 0.3) is 0 Å². The van der Waals surface area contributed by atoms with Gasteiger partial charge in [-0.25, -0.2) is 0 Å². The summed E-state index contributed by atoms with van der Waals surface area (Å²) >= 11 is -0.920. The van der Waals surface area contributed by atoms with E-state index in [9.17, 15) is 0 Å². The number of hydrogen-bond acceptors (Lipinski definition) is 0. The second-order valence-corrected chi connectivity index (χ2v) is 16.7. The molecule has 0 aliphatic heterocycles. The van der Waals surface area contributed by atoms with Crippen LogP contribution in [-0.4, -0.2) is 28.3 Å². The Morgan fingerprint density at radius 3 is 1.08 bits per heavy atom. The Morgan fingerprint density at radius 1 is 0.462 bits per heavy atom. The fraction of sp³-hybridized carbons (Fsp3) is 1.00. The van der Waals surface area contributed by atoms with Gasteiger partial charge in [-0.2, -0.15) is 0 Å². The van der Waals surface area contributed by atoms with E-state index in [1.807, 2.05) is 0 Å². The van der Waals surface area contributed by atoms with Gasteiger partial charge >= 0.3 is 0 Å². The summed E-state index contributed by atoms with van der Waals surface area (Å²) in [6, 6.07) is 0. The first kappa shape index (κ1) is 27.1. The molecule has 154 valence electrons. The SMILES string of the molecule is CCCCCC[C@H]([CH2][Al]([CH2]C)[CH2]C)[C@H](CCCCCC)[CH2][Al]([CH2]C)[CH2]C. The van der Waals surface area contributed by atoms with Crippen molar-refractivity contribution in [3.8, 4) is 0 Å². The molecule has 0 radical (unpaired) electrons. The summed E-state index contributed by atoms with van der Waals surface area (Å²) in [6.45, 7) is 14.6. The molecule has 0 aromatic heterocycles. The molecule has 0 fully saturated rings. The number of rotatable bonds is 19. The summed E-state index contributed by atoms with van der Waals surface area (Å²) in [5.41, 5.74) is 0. The Bertz CT molecular complexity index is 243. The maximum atomic E-state index is 2.49. The monoisotopic (exact) mass is 394 g/mol. The molecule has 0 rings (SSSR count). The average Bonchev–Trinajstić information content (AvgIpc) is 2.67. The van der Waals surface area contributed by atoms with Crippen molar-refractivity contribution in [1.29, 1.82) is 0 Å². The van der Waals surface area contributed by atoms with Gasteiger partial charge in [0.2, 0.25) is 0 Å². The molecule has 0 aliphatic carbocycles. The van der Waals surface area contributed by atoms with Crippen molar-refractivity contribution in [2.24, 2.45) is 11.8 Å². The van der Waals surface area contributed by atoms with Crippen LogP contribution in [0.4, 0.5) is 0 Å². The van der Waals surface area contributed by atoms with Crippen molar-refractivity contribution >= 4 is 28.3 Å². The molecule has 2 atom stereocenters. The molecule has 0 heterocycles.